The minimum Gasteiger partial charge on any atom is -0.496 e. The van der Waals surface area contributed by atoms with Crippen molar-refractivity contribution in [3.05, 3.63) is 144 Å². The first kappa shape index (κ1) is 33.7. The Bertz CT molecular complexity index is 2050. The molecule has 0 N–H and O–H groups in total. The van der Waals surface area contributed by atoms with Crippen LogP contribution < -0.4 is 9.47 Å². The van der Waals surface area contributed by atoms with Gasteiger partial charge in [0, 0.05) is 16.7 Å². The van der Waals surface area contributed by atoms with Crippen LogP contribution in [0.5, 0.6) is 11.5 Å². The van der Waals surface area contributed by atoms with E-state index < -0.39 is 0 Å². The van der Waals surface area contributed by atoms with E-state index in [1.165, 1.54) is 52.3 Å². The molecule has 6 aromatic rings. The average Bonchev–Trinajstić information content (AvgIpc) is 3.15. The molecule has 0 bridgehead atoms. The molecule has 0 aliphatic rings. The summed E-state index contributed by atoms with van der Waals surface area (Å²) in [6, 6.07) is 41.4. The van der Waals surface area contributed by atoms with Gasteiger partial charge < -0.3 is 9.47 Å². The second kappa shape index (κ2) is 15.4. The van der Waals surface area contributed by atoms with E-state index in [9.17, 15) is 4.79 Å². The van der Waals surface area contributed by atoms with Gasteiger partial charge in [0.05, 0.1) is 13.7 Å². The molecule has 0 saturated carbocycles. The molecule has 0 heterocycles. The van der Waals surface area contributed by atoms with Crippen molar-refractivity contribution in [2.45, 2.75) is 53.4 Å². The molecule has 0 spiro atoms. The number of ether oxygens (including phenoxy) is 2. The van der Waals surface area contributed by atoms with Crippen LogP contribution in [0.15, 0.2) is 121 Å². The van der Waals surface area contributed by atoms with E-state index in [0.29, 0.717) is 23.7 Å². The molecule has 6 aromatic carbocycles. The normalized spacial score (nSPS) is 11.8. The number of aryl methyl sites for hydroxylation is 2. The summed E-state index contributed by atoms with van der Waals surface area (Å²) >= 11 is 0. The molecular formula is C46H46O3. The number of hydrogen-bond acceptors (Lipinski definition) is 3. The van der Waals surface area contributed by atoms with Crippen molar-refractivity contribution in [2.24, 2.45) is 5.92 Å². The summed E-state index contributed by atoms with van der Waals surface area (Å²) in [5.41, 5.74) is 10.5. The Hall–Kier alpha value is -5.15. The van der Waals surface area contributed by atoms with Crippen LogP contribution in [0.2, 0.25) is 0 Å². The summed E-state index contributed by atoms with van der Waals surface area (Å²) in [6.45, 7) is 9.51. The van der Waals surface area contributed by atoms with E-state index in [1.807, 2.05) is 48.5 Å². The molecule has 0 aliphatic heterocycles. The quantitative estimate of drug-likeness (QED) is 0.117. The van der Waals surface area contributed by atoms with Crippen molar-refractivity contribution in [1.82, 2.24) is 0 Å². The van der Waals surface area contributed by atoms with E-state index in [1.54, 1.807) is 7.11 Å². The van der Waals surface area contributed by atoms with Gasteiger partial charge in [0.2, 0.25) is 0 Å². The molecule has 6 rings (SSSR count). The largest absolute Gasteiger partial charge is 0.496 e. The maximum atomic E-state index is 13.3. The lowest BCUT2D eigenvalue weighted by atomic mass is 9.91. The third kappa shape index (κ3) is 7.47. The predicted octanol–water partition coefficient (Wildman–Crippen LogP) is 12.3. The van der Waals surface area contributed by atoms with Gasteiger partial charge in [-0.05, 0) is 106 Å². The molecule has 248 valence electrons. The van der Waals surface area contributed by atoms with E-state index in [-0.39, 0.29) is 5.78 Å². The van der Waals surface area contributed by atoms with Crippen LogP contribution in [0.4, 0.5) is 0 Å². The number of carbonyl (C=O) groups is 1. The lowest BCUT2D eigenvalue weighted by molar-refractivity contribution is 0.103. The number of methoxy groups -OCH3 is 1. The zero-order valence-corrected chi connectivity index (χ0v) is 29.4. The maximum Gasteiger partial charge on any atom is 0.193 e. The average molecular weight is 647 g/mol. The molecule has 0 amide bonds. The lowest BCUT2D eigenvalue weighted by Crippen LogP contribution is -2.11. The SMILES string of the molecule is CCCCC(CC)COc1ccc(C(=O)c2ccc(-c3ccc(-c4ccc(-c5ccc(C)c6ccccc56)c(C)c4)cc3OC)cc2)cc1. The number of hydrogen-bond donors (Lipinski definition) is 0. The molecular weight excluding hydrogens is 601 g/mol. The highest BCUT2D eigenvalue weighted by atomic mass is 16.5. The zero-order chi connectivity index (χ0) is 34.3. The van der Waals surface area contributed by atoms with E-state index >= 15 is 0 Å². The van der Waals surface area contributed by atoms with Crippen LogP contribution >= 0.6 is 0 Å². The summed E-state index contributed by atoms with van der Waals surface area (Å²) in [5.74, 6) is 2.16. The molecule has 1 atom stereocenters. The van der Waals surface area contributed by atoms with Crippen molar-refractivity contribution in [3.63, 3.8) is 0 Å². The van der Waals surface area contributed by atoms with Crippen molar-refractivity contribution >= 4 is 16.6 Å². The fourth-order valence-electron chi connectivity index (χ4n) is 6.72. The van der Waals surface area contributed by atoms with Crippen LogP contribution in [0.1, 0.15) is 66.6 Å². The highest BCUT2D eigenvalue weighted by Gasteiger charge is 2.14. The number of ketones is 1. The lowest BCUT2D eigenvalue weighted by Gasteiger charge is -2.15. The van der Waals surface area contributed by atoms with Gasteiger partial charge in [-0.1, -0.05) is 124 Å². The van der Waals surface area contributed by atoms with Gasteiger partial charge in [-0.15, -0.1) is 0 Å². The smallest absolute Gasteiger partial charge is 0.193 e. The summed E-state index contributed by atoms with van der Waals surface area (Å²) in [6.07, 6.45) is 4.74. The van der Waals surface area contributed by atoms with Crippen molar-refractivity contribution < 1.29 is 14.3 Å². The second-order valence-electron chi connectivity index (χ2n) is 13.1. The Balaban J connectivity index is 1.17. The van der Waals surface area contributed by atoms with Gasteiger partial charge in [-0.25, -0.2) is 0 Å². The first-order chi connectivity index (χ1) is 23.9. The van der Waals surface area contributed by atoms with Crippen LogP contribution in [0.3, 0.4) is 0 Å². The Morgan fingerprint density at radius 1 is 0.633 bits per heavy atom. The van der Waals surface area contributed by atoms with E-state index in [0.717, 1.165) is 40.2 Å². The number of carbonyl (C=O) groups excluding carboxylic acids is 1. The first-order valence-electron chi connectivity index (χ1n) is 17.6. The summed E-state index contributed by atoms with van der Waals surface area (Å²) < 4.78 is 11.9. The van der Waals surface area contributed by atoms with Crippen LogP contribution in [-0.2, 0) is 0 Å². The van der Waals surface area contributed by atoms with E-state index in [2.05, 4.69) is 100 Å². The van der Waals surface area contributed by atoms with Crippen LogP contribution in [-0.4, -0.2) is 19.5 Å². The fourth-order valence-corrected chi connectivity index (χ4v) is 6.72. The Labute approximate surface area is 291 Å². The second-order valence-corrected chi connectivity index (χ2v) is 13.1. The Kier molecular flexibility index (Phi) is 10.6. The molecule has 49 heavy (non-hydrogen) atoms. The molecule has 3 heteroatoms. The molecule has 0 aromatic heterocycles. The number of benzene rings is 6. The van der Waals surface area contributed by atoms with Gasteiger partial charge in [0.1, 0.15) is 11.5 Å². The number of fused-ring (bicyclic) bond motifs is 1. The Morgan fingerprint density at radius 3 is 1.90 bits per heavy atom. The number of unbranched alkanes of at least 4 members (excludes halogenated alkanes) is 1. The molecule has 1 unspecified atom stereocenters. The van der Waals surface area contributed by atoms with E-state index in [4.69, 9.17) is 9.47 Å². The first-order valence-corrected chi connectivity index (χ1v) is 17.6. The topological polar surface area (TPSA) is 35.5 Å². The molecule has 3 nitrogen and oxygen atoms in total. The monoisotopic (exact) mass is 646 g/mol. The summed E-state index contributed by atoms with van der Waals surface area (Å²) in [5, 5.41) is 2.57. The van der Waals surface area contributed by atoms with Crippen LogP contribution in [0, 0.1) is 19.8 Å². The molecule has 0 radical (unpaired) electrons. The minimum absolute atomic E-state index is 0.00718. The van der Waals surface area contributed by atoms with Gasteiger partial charge >= 0.3 is 0 Å². The maximum absolute atomic E-state index is 13.3. The summed E-state index contributed by atoms with van der Waals surface area (Å²) in [7, 11) is 1.71. The van der Waals surface area contributed by atoms with Crippen LogP contribution in [0.25, 0.3) is 44.2 Å². The minimum atomic E-state index is -0.00718. The fraction of sp³-hybridized carbons (Fsp3) is 0.239. The number of rotatable bonds is 13. The van der Waals surface area contributed by atoms with Crippen molar-refractivity contribution in [2.75, 3.05) is 13.7 Å². The van der Waals surface area contributed by atoms with Gasteiger partial charge in [0.25, 0.3) is 0 Å². The highest BCUT2D eigenvalue weighted by Crippen LogP contribution is 2.38. The third-order valence-electron chi connectivity index (χ3n) is 9.80. The van der Waals surface area contributed by atoms with Gasteiger partial charge in [0.15, 0.2) is 5.78 Å². The molecule has 0 aliphatic carbocycles. The molecule has 0 fully saturated rings. The highest BCUT2D eigenvalue weighted by molar-refractivity contribution is 6.09. The van der Waals surface area contributed by atoms with Crippen molar-refractivity contribution in [3.8, 4) is 44.9 Å². The van der Waals surface area contributed by atoms with Gasteiger partial charge in [-0.2, -0.15) is 0 Å². The standard InChI is InChI=1S/C46H46O3/c1-6-8-11-33(7-2)30-49-39-23-19-36(20-24-39)46(47)35-17-15-34(16-18-35)42-27-22-38(29-45(42)48-5)37-21-26-41(32(4)28-37)44-25-14-31(3)40-12-9-10-13-43(40)44/h9-10,12-29,33H,6-8,11,30H2,1-5H3. The third-order valence-corrected chi connectivity index (χ3v) is 9.80. The predicted molar refractivity (Wildman–Crippen MR) is 205 cm³/mol. The summed E-state index contributed by atoms with van der Waals surface area (Å²) in [4.78, 5) is 13.3. The van der Waals surface area contributed by atoms with Crippen molar-refractivity contribution in [1.29, 1.82) is 0 Å². The zero-order valence-electron chi connectivity index (χ0n) is 29.4. The Morgan fingerprint density at radius 2 is 1.24 bits per heavy atom. The van der Waals surface area contributed by atoms with Gasteiger partial charge in [-0.3, -0.25) is 4.79 Å². The molecule has 0 saturated heterocycles.